The highest BCUT2D eigenvalue weighted by Gasteiger charge is 2.17. The van der Waals surface area contributed by atoms with Crippen LogP contribution in [0.1, 0.15) is 57.9 Å². The molecular weight excluding hydrogens is 448 g/mol. The summed E-state index contributed by atoms with van der Waals surface area (Å²) in [5.74, 6) is 1.60. The number of unbranched alkanes of at least 4 members (excludes halogenated alkanes) is 5. The maximum absolute atomic E-state index is 5.69. The Bertz CT molecular complexity index is 978. The van der Waals surface area contributed by atoms with Gasteiger partial charge in [-0.3, -0.25) is 9.98 Å². The van der Waals surface area contributed by atoms with Crippen LogP contribution < -0.4 is 10.2 Å². The van der Waals surface area contributed by atoms with E-state index in [4.69, 9.17) is 6.57 Å². The lowest BCUT2D eigenvalue weighted by Gasteiger charge is -2.35. The van der Waals surface area contributed by atoms with Crippen LogP contribution in [0.2, 0.25) is 0 Å². The Morgan fingerprint density at radius 1 is 1.03 bits per heavy atom. The smallest absolute Gasteiger partial charge is 0.368 e. The van der Waals surface area contributed by atoms with E-state index in [9.17, 15) is 0 Å². The van der Waals surface area contributed by atoms with Crippen LogP contribution in [0.15, 0.2) is 40.6 Å². The van der Waals surface area contributed by atoms with Gasteiger partial charge in [0.15, 0.2) is 0 Å². The first-order valence-corrected chi connectivity index (χ1v) is 13.5. The first-order chi connectivity index (χ1) is 17.7. The number of likely N-dealkylation sites (N-methyl/N-ethyl adjacent to an activating group) is 1. The number of nitrogens with zero attached hydrogens (tertiary/aromatic N) is 7. The highest BCUT2D eigenvalue weighted by molar-refractivity contribution is 5.87. The molecule has 0 aromatic carbocycles. The van der Waals surface area contributed by atoms with Crippen molar-refractivity contribution in [2.45, 2.75) is 58.9 Å². The summed E-state index contributed by atoms with van der Waals surface area (Å²) in [6.45, 7) is 17.7. The van der Waals surface area contributed by atoms with Gasteiger partial charge in [0.2, 0.25) is 0 Å². The number of aryl methyl sites for hydroxylation is 1. The Morgan fingerprint density at radius 2 is 1.83 bits per heavy atom. The van der Waals surface area contributed by atoms with Crippen molar-refractivity contribution in [1.29, 1.82) is 0 Å². The number of rotatable bonds is 15. The molecule has 1 aliphatic heterocycles. The van der Waals surface area contributed by atoms with Gasteiger partial charge in [-0.25, -0.2) is 9.55 Å². The molecule has 1 aliphatic rings. The number of nitrogens with one attached hydrogen (secondary N) is 1. The van der Waals surface area contributed by atoms with Crippen molar-refractivity contribution in [3.8, 4) is 6.57 Å². The van der Waals surface area contributed by atoms with E-state index in [1.807, 2.05) is 30.7 Å². The molecule has 0 atom stereocenters. The molecule has 1 N–H and O–H groups in total. The van der Waals surface area contributed by atoms with E-state index < -0.39 is 0 Å². The second kappa shape index (κ2) is 15.7. The Balaban J connectivity index is 1.37. The third kappa shape index (κ3) is 8.80. The van der Waals surface area contributed by atoms with Gasteiger partial charge in [-0.2, -0.15) is 4.85 Å². The topological polar surface area (TPSA) is 65.4 Å². The molecule has 0 unspecified atom stereocenters. The van der Waals surface area contributed by atoms with E-state index in [-0.39, 0.29) is 0 Å². The third-order valence-corrected chi connectivity index (χ3v) is 6.64. The second-order valence-electron chi connectivity index (χ2n) is 9.12. The average molecular weight is 492 g/mol. The van der Waals surface area contributed by atoms with Crippen LogP contribution in [0.4, 0.5) is 17.3 Å². The molecule has 2 aromatic heterocycles. The van der Waals surface area contributed by atoms with Crippen LogP contribution in [-0.4, -0.2) is 72.8 Å². The minimum Gasteiger partial charge on any atom is -0.368 e. The van der Waals surface area contributed by atoms with Crippen molar-refractivity contribution < 1.29 is 0 Å². The number of aliphatic imine (C=N–C) groups is 2. The number of pyridine rings is 1. The van der Waals surface area contributed by atoms with Gasteiger partial charge in [-0.1, -0.05) is 19.8 Å². The van der Waals surface area contributed by atoms with E-state index in [2.05, 4.69) is 65.6 Å². The Labute approximate surface area is 217 Å². The first kappa shape index (κ1) is 27.4. The number of anilines is 2. The SMILES string of the molecule is C#[N+]c1c(/C=N\CNc2ccc(N3CCN(CC)CC3)cn2)ccn1CCCCCCCC=NCC. The summed E-state index contributed by atoms with van der Waals surface area (Å²) >= 11 is 0. The molecule has 0 saturated carbocycles. The standard InChI is InChI=1S/C28H43N8/c1-4-30-15-10-8-6-7-9-11-16-36-17-14-25(28(36)29-3)22-31-24-33-27-13-12-26(23-32-27)35-20-18-34(5-2)19-21-35/h3,12-15,17,22-23H,4-11,16,18-21,24H2,1-2H3,(H,32,33)/q+1/b30-15?,31-22-. The van der Waals surface area contributed by atoms with Gasteiger partial charge < -0.3 is 15.1 Å². The molecule has 0 bridgehead atoms. The lowest BCUT2D eigenvalue weighted by atomic mass is 10.1. The van der Waals surface area contributed by atoms with Crippen LogP contribution in [-0.2, 0) is 6.54 Å². The van der Waals surface area contributed by atoms with E-state index in [0.717, 1.165) is 75.9 Å². The normalized spacial score (nSPS) is 14.6. The van der Waals surface area contributed by atoms with Crippen molar-refractivity contribution in [1.82, 2.24) is 14.5 Å². The molecule has 36 heavy (non-hydrogen) atoms. The molecule has 1 fully saturated rings. The number of hydrogen-bond donors (Lipinski definition) is 1. The van der Waals surface area contributed by atoms with Gasteiger partial charge in [0.1, 0.15) is 24.6 Å². The minimum atomic E-state index is 0.444. The molecule has 0 radical (unpaired) electrons. The predicted octanol–water partition coefficient (Wildman–Crippen LogP) is 5.54. The highest BCUT2D eigenvalue weighted by Crippen LogP contribution is 2.21. The molecule has 1 saturated heterocycles. The van der Waals surface area contributed by atoms with Gasteiger partial charge >= 0.3 is 5.82 Å². The Kier molecular flexibility index (Phi) is 12.0. The largest absolute Gasteiger partial charge is 0.393 e. The molecule has 3 heterocycles. The highest BCUT2D eigenvalue weighted by atomic mass is 15.3. The summed E-state index contributed by atoms with van der Waals surface area (Å²) in [5, 5.41) is 3.26. The fourth-order valence-corrected chi connectivity index (χ4v) is 4.45. The number of hydrogen-bond acceptors (Lipinski definition) is 6. The van der Waals surface area contributed by atoms with Crippen LogP contribution in [0, 0.1) is 6.57 Å². The van der Waals surface area contributed by atoms with Crippen LogP contribution in [0.5, 0.6) is 0 Å². The van der Waals surface area contributed by atoms with Crippen molar-refractivity contribution >= 4 is 29.8 Å². The molecule has 3 rings (SSSR count). The first-order valence-electron chi connectivity index (χ1n) is 13.5. The second-order valence-corrected chi connectivity index (χ2v) is 9.12. The van der Waals surface area contributed by atoms with Gasteiger partial charge in [0, 0.05) is 38.9 Å². The van der Waals surface area contributed by atoms with E-state index in [1.165, 1.54) is 31.4 Å². The molecule has 2 aromatic rings. The predicted molar refractivity (Wildman–Crippen MR) is 154 cm³/mol. The molecule has 0 spiro atoms. The summed E-state index contributed by atoms with van der Waals surface area (Å²) in [6.07, 6.45) is 15.0. The summed E-state index contributed by atoms with van der Waals surface area (Å²) in [4.78, 5) is 22.2. The van der Waals surface area contributed by atoms with Gasteiger partial charge in [0.25, 0.3) is 0 Å². The number of piperazine rings is 1. The van der Waals surface area contributed by atoms with Crippen molar-refractivity contribution in [3.05, 3.63) is 41.0 Å². The quantitative estimate of drug-likeness (QED) is 0.262. The molecule has 8 heteroatoms. The number of aromatic nitrogens is 2. The van der Waals surface area contributed by atoms with Crippen molar-refractivity contribution in [2.24, 2.45) is 9.98 Å². The fraction of sp³-hybridized carbons (Fsp3) is 0.571. The summed E-state index contributed by atoms with van der Waals surface area (Å²) in [5.41, 5.74) is 2.11. The van der Waals surface area contributed by atoms with Crippen molar-refractivity contribution in [3.63, 3.8) is 0 Å². The Morgan fingerprint density at radius 3 is 2.56 bits per heavy atom. The molecule has 8 nitrogen and oxygen atoms in total. The van der Waals surface area contributed by atoms with Gasteiger partial charge in [-0.15, -0.1) is 0 Å². The molecule has 194 valence electrons. The zero-order valence-corrected chi connectivity index (χ0v) is 22.1. The molecule has 0 amide bonds. The van der Waals surface area contributed by atoms with Gasteiger partial charge in [0.05, 0.1) is 24.6 Å². The van der Waals surface area contributed by atoms with E-state index >= 15 is 0 Å². The van der Waals surface area contributed by atoms with Crippen molar-refractivity contribution in [2.75, 3.05) is 56.2 Å². The van der Waals surface area contributed by atoms with E-state index in [0.29, 0.717) is 6.67 Å². The van der Waals surface area contributed by atoms with Gasteiger partial charge in [-0.05, 0) is 63.6 Å². The average Bonchev–Trinajstić information content (AvgIpc) is 3.32. The summed E-state index contributed by atoms with van der Waals surface area (Å²) in [6, 6.07) is 6.17. The van der Waals surface area contributed by atoms with Crippen LogP contribution in [0.25, 0.3) is 4.85 Å². The summed E-state index contributed by atoms with van der Waals surface area (Å²) < 4.78 is 2.11. The van der Waals surface area contributed by atoms with Crippen LogP contribution >= 0.6 is 0 Å². The zero-order chi connectivity index (χ0) is 25.4. The maximum Gasteiger partial charge on any atom is 0.393 e. The maximum atomic E-state index is 5.69. The van der Waals surface area contributed by atoms with E-state index in [1.54, 1.807) is 0 Å². The minimum absolute atomic E-state index is 0.444. The molecular formula is C28H43N8+. The lowest BCUT2D eigenvalue weighted by molar-refractivity contribution is 0.271. The lowest BCUT2D eigenvalue weighted by Crippen LogP contribution is -2.46. The fourth-order valence-electron chi connectivity index (χ4n) is 4.45. The zero-order valence-electron chi connectivity index (χ0n) is 22.1. The third-order valence-electron chi connectivity index (χ3n) is 6.64. The monoisotopic (exact) mass is 491 g/mol. The Hall–Kier alpha value is -3.18. The summed E-state index contributed by atoms with van der Waals surface area (Å²) in [7, 11) is 0. The molecule has 0 aliphatic carbocycles. The van der Waals surface area contributed by atoms with Crippen LogP contribution in [0.3, 0.4) is 0 Å².